The van der Waals surface area contributed by atoms with Crippen molar-refractivity contribution in [3.63, 3.8) is 0 Å². The molecular formula is C17H17ClO2S. The molecule has 0 saturated carbocycles. The van der Waals surface area contributed by atoms with E-state index < -0.39 is 0 Å². The molecule has 0 radical (unpaired) electrons. The Morgan fingerprint density at radius 3 is 2.67 bits per heavy atom. The highest BCUT2D eigenvalue weighted by molar-refractivity contribution is 7.99. The third kappa shape index (κ3) is 4.26. The Bertz CT molecular complexity index is 640. The molecule has 0 N–H and O–H groups in total. The lowest BCUT2D eigenvalue weighted by atomic mass is 10.1. The van der Waals surface area contributed by atoms with Crippen LogP contribution in [0.25, 0.3) is 0 Å². The zero-order valence-electron chi connectivity index (χ0n) is 12.1. The van der Waals surface area contributed by atoms with Crippen LogP contribution < -0.4 is 4.74 Å². The number of benzene rings is 2. The van der Waals surface area contributed by atoms with Crippen LogP contribution in [0.5, 0.6) is 5.75 Å². The predicted molar refractivity (Wildman–Crippen MR) is 89.7 cm³/mol. The van der Waals surface area contributed by atoms with Crippen molar-refractivity contribution in [2.45, 2.75) is 12.7 Å². The molecule has 110 valence electrons. The first-order valence-corrected chi connectivity index (χ1v) is 8.14. The Kier molecular flexibility index (Phi) is 5.71. The van der Waals surface area contributed by atoms with E-state index in [2.05, 4.69) is 19.1 Å². The molecule has 2 aromatic carbocycles. The van der Waals surface area contributed by atoms with Crippen LogP contribution in [0.4, 0.5) is 0 Å². The first-order valence-electron chi connectivity index (χ1n) is 6.61. The van der Waals surface area contributed by atoms with Gasteiger partial charge in [0.1, 0.15) is 5.75 Å². The van der Waals surface area contributed by atoms with Gasteiger partial charge >= 0.3 is 0 Å². The average Bonchev–Trinajstić information content (AvgIpc) is 2.49. The van der Waals surface area contributed by atoms with Crippen molar-refractivity contribution in [2.24, 2.45) is 0 Å². The molecule has 0 saturated heterocycles. The highest BCUT2D eigenvalue weighted by atomic mass is 35.5. The van der Waals surface area contributed by atoms with E-state index in [1.165, 1.54) is 11.1 Å². The minimum atomic E-state index is 0.0816. The predicted octanol–water partition coefficient (Wildman–Crippen LogP) is 4.77. The van der Waals surface area contributed by atoms with Gasteiger partial charge in [-0.15, -0.1) is 11.8 Å². The summed E-state index contributed by atoms with van der Waals surface area (Å²) < 4.78 is 5.08. The van der Waals surface area contributed by atoms with Gasteiger partial charge in [-0.25, -0.2) is 0 Å². The molecule has 0 heterocycles. The third-order valence-corrected chi connectivity index (χ3v) is 4.50. The monoisotopic (exact) mass is 320 g/mol. The number of carbonyl (C=O) groups is 1. The summed E-state index contributed by atoms with van der Waals surface area (Å²) in [6.07, 6.45) is 0. The summed E-state index contributed by atoms with van der Waals surface area (Å²) in [4.78, 5) is 12.2. The Labute approximate surface area is 134 Å². The molecule has 21 heavy (non-hydrogen) atoms. The smallest absolute Gasteiger partial charge is 0.172 e. The van der Waals surface area contributed by atoms with E-state index in [0.717, 1.165) is 5.75 Å². The lowest BCUT2D eigenvalue weighted by molar-refractivity contribution is 0.102. The molecular weight excluding hydrogens is 304 g/mol. The molecule has 0 atom stereocenters. The molecule has 0 aliphatic carbocycles. The second-order valence-electron chi connectivity index (χ2n) is 4.69. The fourth-order valence-corrected chi connectivity index (χ4v) is 3.20. The molecule has 0 aliphatic rings. The van der Waals surface area contributed by atoms with Crippen molar-refractivity contribution >= 4 is 29.1 Å². The van der Waals surface area contributed by atoms with E-state index in [0.29, 0.717) is 22.1 Å². The molecule has 0 spiro atoms. The second kappa shape index (κ2) is 7.53. The summed E-state index contributed by atoms with van der Waals surface area (Å²) in [6, 6.07) is 13.4. The summed E-state index contributed by atoms with van der Waals surface area (Å²) in [5.41, 5.74) is 3.14. The molecule has 4 heteroatoms. The van der Waals surface area contributed by atoms with E-state index in [4.69, 9.17) is 16.3 Å². The van der Waals surface area contributed by atoms with Gasteiger partial charge in [0, 0.05) is 11.3 Å². The number of Topliss-reactive ketones (excluding diaryl/α,β-unsaturated/α-hetero) is 1. The van der Waals surface area contributed by atoms with Gasteiger partial charge in [0.25, 0.3) is 0 Å². The molecule has 0 amide bonds. The van der Waals surface area contributed by atoms with E-state index in [9.17, 15) is 4.79 Å². The van der Waals surface area contributed by atoms with Crippen LogP contribution in [-0.2, 0) is 5.75 Å². The zero-order chi connectivity index (χ0) is 15.2. The van der Waals surface area contributed by atoms with E-state index >= 15 is 0 Å². The fraction of sp³-hybridized carbons (Fsp3) is 0.235. The quantitative estimate of drug-likeness (QED) is 0.717. The van der Waals surface area contributed by atoms with Crippen LogP contribution in [0.2, 0.25) is 5.02 Å². The van der Waals surface area contributed by atoms with Gasteiger partial charge in [-0.2, -0.15) is 0 Å². The lowest BCUT2D eigenvalue weighted by Crippen LogP contribution is -2.03. The van der Waals surface area contributed by atoms with Crippen molar-refractivity contribution in [1.82, 2.24) is 0 Å². The maximum absolute atomic E-state index is 12.2. The first-order chi connectivity index (χ1) is 10.1. The molecule has 0 aliphatic heterocycles. The van der Waals surface area contributed by atoms with Gasteiger partial charge in [-0.05, 0) is 36.2 Å². The number of methoxy groups -OCH3 is 1. The summed E-state index contributed by atoms with van der Waals surface area (Å²) in [7, 11) is 1.56. The second-order valence-corrected chi connectivity index (χ2v) is 6.08. The number of thioether (sulfide) groups is 1. The maximum atomic E-state index is 12.2. The van der Waals surface area contributed by atoms with Gasteiger partial charge in [0.2, 0.25) is 0 Å². The minimum absolute atomic E-state index is 0.0816. The largest absolute Gasteiger partial charge is 0.495 e. The van der Waals surface area contributed by atoms with Gasteiger partial charge in [0.15, 0.2) is 5.78 Å². The van der Waals surface area contributed by atoms with Crippen LogP contribution in [0, 0.1) is 6.92 Å². The van der Waals surface area contributed by atoms with Gasteiger partial charge in [-0.1, -0.05) is 35.9 Å². The number of carbonyl (C=O) groups excluding carboxylic acids is 1. The zero-order valence-corrected chi connectivity index (χ0v) is 13.6. The summed E-state index contributed by atoms with van der Waals surface area (Å²) in [5.74, 6) is 1.94. The van der Waals surface area contributed by atoms with E-state index in [1.807, 2.05) is 12.1 Å². The molecule has 0 aromatic heterocycles. The van der Waals surface area contributed by atoms with Crippen molar-refractivity contribution in [2.75, 3.05) is 12.9 Å². The van der Waals surface area contributed by atoms with Crippen LogP contribution in [-0.4, -0.2) is 18.6 Å². The first kappa shape index (κ1) is 15.9. The summed E-state index contributed by atoms with van der Waals surface area (Å²) >= 11 is 7.66. The number of ketones is 1. The van der Waals surface area contributed by atoms with Crippen molar-refractivity contribution < 1.29 is 9.53 Å². The third-order valence-electron chi connectivity index (χ3n) is 3.23. The average molecular weight is 321 g/mol. The Morgan fingerprint density at radius 2 is 2.00 bits per heavy atom. The van der Waals surface area contributed by atoms with Crippen LogP contribution >= 0.6 is 23.4 Å². The summed E-state index contributed by atoms with van der Waals surface area (Å²) in [6.45, 7) is 2.08. The number of hydrogen-bond donors (Lipinski definition) is 0. The molecule has 2 nitrogen and oxygen atoms in total. The van der Waals surface area contributed by atoms with Crippen LogP contribution in [0.3, 0.4) is 0 Å². The topological polar surface area (TPSA) is 26.3 Å². The number of ether oxygens (including phenoxy) is 1. The Balaban J connectivity index is 1.93. The fourth-order valence-electron chi connectivity index (χ4n) is 1.95. The van der Waals surface area contributed by atoms with Crippen molar-refractivity contribution in [3.8, 4) is 5.75 Å². The standard InChI is InChI=1S/C17H17ClO2S/c1-12-5-3-4-6-14(12)10-21-11-16(19)13-7-8-17(20-2)15(18)9-13/h3-9H,10-11H2,1-2H3. The van der Waals surface area contributed by atoms with Gasteiger partial charge in [0.05, 0.1) is 17.9 Å². The highest BCUT2D eigenvalue weighted by Gasteiger charge is 2.09. The highest BCUT2D eigenvalue weighted by Crippen LogP contribution is 2.26. The minimum Gasteiger partial charge on any atom is -0.495 e. The van der Waals surface area contributed by atoms with Gasteiger partial charge in [-0.3, -0.25) is 4.79 Å². The molecule has 2 aromatic rings. The number of halogens is 1. The van der Waals surface area contributed by atoms with E-state index in [-0.39, 0.29) is 5.78 Å². The van der Waals surface area contributed by atoms with Crippen molar-refractivity contribution in [1.29, 1.82) is 0 Å². The Morgan fingerprint density at radius 1 is 1.24 bits per heavy atom. The van der Waals surface area contributed by atoms with Crippen LogP contribution in [0.1, 0.15) is 21.5 Å². The van der Waals surface area contributed by atoms with Crippen molar-refractivity contribution in [3.05, 3.63) is 64.2 Å². The number of rotatable bonds is 6. The molecule has 0 fully saturated rings. The number of hydrogen-bond acceptors (Lipinski definition) is 3. The molecule has 0 unspecified atom stereocenters. The summed E-state index contributed by atoms with van der Waals surface area (Å²) in [5, 5.41) is 0.465. The maximum Gasteiger partial charge on any atom is 0.172 e. The molecule has 2 rings (SSSR count). The SMILES string of the molecule is COc1ccc(C(=O)CSCc2ccccc2C)cc1Cl. The normalized spacial score (nSPS) is 10.4. The number of aryl methyl sites for hydroxylation is 1. The Hall–Kier alpha value is -1.45. The lowest BCUT2D eigenvalue weighted by Gasteiger charge is -2.07. The van der Waals surface area contributed by atoms with E-state index in [1.54, 1.807) is 37.1 Å². The molecule has 0 bridgehead atoms. The van der Waals surface area contributed by atoms with Crippen LogP contribution in [0.15, 0.2) is 42.5 Å². The van der Waals surface area contributed by atoms with Gasteiger partial charge < -0.3 is 4.74 Å².